The van der Waals surface area contributed by atoms with Gasteiger partial charge in [-0.2, -0.15) is 17.6 Å². The maximum absolute atomic E-state index is 13.2. The van der Waals surface area contributed by atoms with Crippen molar-refractivity contribution in [1.29, 1.82) is 0 Å². The van der Waals surface area contributed by atoms with E-state index in [4.69, 9.17) is 0 Å². The van der Waals surface area contributed by atoms with Gasteiger partial charge in [0.15, 0.2) is 0 Å². The fourth-order valence-corrected chi connectivity index (χ4v) is 3.02. The number of rotatable bonds is 4. The van der Waals surface area contributed by atoms with Crippen LogP contribution in [0, 0.1) is 0 Å². The lowest BCUT2D eigenvalue weighted by Crippen LogP contribution is -2.53. The monoisotopic (exact) mass is 284 g/mol. The minimum absolute atomic E-state index is 0.288. The highest BCUT2D eigenvalue weighted by Gasteiger charge is 2.69. The van der Waals surface area contributed by atoms with E-state index < -0.39 is 35.1 Å². The predicted octanol–water partition coefficient (Wildman–Crippen LogP) is 1.34. The van der Waals surface area contributed by atoms with E-state index in [1.54, 1.807) is 0 Å². The summed E-state index contributed by atoms with van der Waals surface area (Å²) in [6.45, 7) is 1.67. The number of sulfone groups is 1. The molecule has 3 nitrogen and oxygen atoms in total. The summed E-state index contributed by atoms with van der Waals surface area (Å²) >= 11 is 0. The summed E-state index contributed by atoms with van der Waals surface area (Å²) in [5.41, 5.74) is 0. The van der Waals surface area contributed by atoms with Gasteiger partial charge in [0.05, 0.1) is 5.25 Å². The van der Waals surface area contributed by atoms with Crippen molar-refractivity contribution >= 4 is 25.2 Å². The van der Waals surface area contributed by atoms with Crippen molar-refractivity contribution in [1.82, 2.24) is 0 Å². The number of hydrogen-bond acceptors (Lipinski definition) is 3. The highest BCUT2D eigenvalue weighted by Crippen LogP contribution is 2.43. The molecule has 0 aromatic rings. The molecule has 0 heterocycles. The normalized spacial score (nSPS) is 18.5. The summed E-state index contributed by atoms with van der Waals surface area (Å²) in [4.78, 5) is 0. The van der Waals surface area contributed by atoms with E-state index in [1.165, 1.54) is 0 Å². The second-order valence-corrected chi connectivity index (χ2v) is 8.70. The zero-order valence-electron chi connectivity index (χ0n) is 8.84. The molecule has 1 unspecified atom stereocenters. The Kier molecular flexibility index (Phi) is 3.79. The van der Waals surface area contributed by atoms with Gasteiger partial charge >= 0.3 is 10.5 Å². The highest BCUT2D eigenvalue weighted by atomic mass is 32.2. The maximum atomic E-state index is 13.2. The molecule has 0 aliphatic carbocycles. The number of hydrogen-bond donors (Lipinski definition) is 0. The van der Waals surface area contributed by atoms with Crippen LogP contribution in [-0.2, 0) is 19.4 Å². The fraction of sp³-hybridized carbons (Fsp3) is 0.857. The van der Waals surface area contributed by atoms with E-state index in [9.17, 15) is 30.2 Å². The lowest BCUT2D eigenvalue weighted by molar-refractivity contribution is -0.0941. The first-order valence-electron chi connectivity index (χ1n) is 4.00. The van der Waals surface area contributed by atoms with Crippen LogP contribution in [0.15, 0.2) is 0 Å². The highest BCUT2D eigenvalue weighted by molar-refractivity contribution is 8.02. The standard InChI is InChI=1S/C7H12F4O3S2/c1-5(2)16(13,14)7(10,11)6(8,9)15(3,4)12/h5H,3H2,1-2,4H3. The molecular weight excluding hydrogens is 272 g/mol. The third kappa shape index (κ3) is 2.06. The molecule has 0 saturated carbocycles. The molecule has 0 rings (SSSR count). The van der Waals surface area contributed by atoms with Crippen LogP contribution in [0.1, 0.15) is 13.8 Å². The lowest BCUT2D eigenvalue weighted by Gasteiger charge is -2.28. The molecule has 98 valence electrons. The van der Waals surface area contributed by atoms with Gasteiger partial charge in [-0.1, -0.05) is 0 Å². The molecule has 0 amide bonds. The number of halogens is 4. The largest absolute Gasteiger partial charge is 0.418 e. The summed E-state index contributed by atoms with van der Waals surface area (Å²) in [5, 5.41) is -12.3. The zero-order valence-corrected chi connectivity index (χ0v) is 10.5. The van der Waals surface area contributed by atoms with Crippen LogP contribution in [0.5, 0.6) is 0 Å². The van der Waals surface area contributed by atoms with Crippen molar-refractivity contribution in [3.8, 4) is 0 Å². The lowest BCUT2D eigenvalue weighted by atomic mass is 10.6. The number of alkyl halides is 4. The zero-order chi connectivity index (χ0) is 13.6. The van der Waals surface area contributed by atoms with E-state index in [2.05, 4.69) is 5.87 Å². The fourth-order valence-electron chi connectivity index (χ4n) is 0.713. The van der Waals surface area contributed by atoms with E-state index in [-0.39, 0.29) is 6.26 Å². The van der Waals surface area contributed by atoms with E-state index in [1.807, 2.05) is 0 Å². The Morgan fingerprint density at radius 3 is 1.50 bits per heavy atom. The van der Waals surface area contributed by atoms with Crippen LogP contribution in [0.25, 0.3) is 0 Å². The molecule has 9 heteroatoms. The van der Waals surface area contributed by atoms with Gasteiger partial charge in [-0.15, -0.1) is 0 Å². The average molecular weight is 284 g/mol. The molecule has 0 aromatic heterocycles. The molecule has 1 atom stereocenters. The summed E-state index contributed by atoms with van der Waals surface area (Å²) < 4.78 is 85.6. The van der Waals surface area contributed by atoms with Crippen LogP contribution in [-0.4, -0.2) is 40.5 Å². The molecule has 0 aliphatic heterocycles. The van der Waals surface area contributed by atoms with Crippen molar-refractivity contribution in [2.24, 2.45) is 0 Å². The third-order valence-electron chi connectivity index (χ3n) is 1.86. The van der Waals surface area contributed by atoms with E-state index in [0.29, 0.717) is 0 Å². The Balaban J connectivity index is 5.94. The van der Waals surface area contributed by atoms with Gasteiger partial charge in [0.2, 0.25) is 9.84 Å². The Bertz CT molecular complexity index is 462. The molecule has 0 N–H and O–H groups in total. The van der Waals surface area contributed by atoms with Gasteiger partial charge in [-0.3, -0.25) is 4.21 Å². The molecule has 16 heavy (non-hydrogen) atoms. The molecule has 0 spiro atoms. The molecule has 0 saturated heterocycles. The van der Waals surface area contributed by atoms with Crippen LogP contribution < -0.4 is 0 Å². The van der Waals surface area contributed by atoms with Crippen LogP contribution >= 0.6 is 0 Å². The van der Waals surface area contributed by atoms with Crippen molar-refractivity contribution in [3.05, 3.63) is 0 Å². The first kappa shape index (κ1) is 15.7. The van der Waals surface area contributed by atoms with Crippen molar-refractivity contribution < 1.29 is 30.2 Å². The van der Waals surface area contributed by atoms with Crippen molar-refractivity contribution in [2.45, 2.75) is 29.6 Å². The van der Waals surface area contributed by atoms with Crippen LogP contribution in [0.4, 0.5) is 17.6 Å². The van der Waals surface area contributed by atoms with Crippen molar-refractivity contribution in [2.75, 3.05) is 6.26 Å². The summed E-state index contributed by atoms with van der Waals surface area (Å²) in [7, 11) is -9.96. The predicted molar refractivity (Wildman–Crippen MR) is 55.1 cm³/mol. The summed E-state index contributed by atoms with van der Waals surface area (Å²) in [6.07, 6.45) is 0.288. The van der Waals surface area contributed by atoms with Gasteiger partial charge in [-0.05, 0) is 19.7 Å². The molecule has 0 fully saturated rings. The second-order valence-electron chi connectivity index (χ2n) is 3.63. The first-order valence-corrected chi connectivity index (χ1v) is 7.68. The molecule has 0 aromatic carbocycles. The minimum atomic E-state index is -5.42. The Morgan fingerprint density at radius 2 is 1.31 bits per heavy atom. The van der Waals surface area contributed by atoms with Gasteiger partial charge in [-0.25, -0.2) is 8.42 Å². The summed E-state index contributed by atoms with van der Waals surface area (Å²) in [6, 6.07) is 0. The Morgan fingerprint density at radius 1 is 1.00 bits per heavy atom. The Labute approximate surface area is 91.8 Å². The molecule has 0 bridgehead atoms. The van der Waals surface area contributed by atoms with Crippen LogP contribution in [0.3, 0.4) is 0 Å². The van der Waals surface area contributed by atoms with Gasteiger partial charge < -0.3 is 0 Å². The van der Waals surface area contributed by atoms with Gasteiger partial charge in [0.25, 0.3) is 0 Å². The SMILES string of the molecule is C=S(C)(=O)C(F)(F)C(F)(F)S(=O)(=O)C(C)C. The van der Waals surface area contributed by atoms with Crippen LogP contribution in [0.2, 0.25) is 0 Å². The van der Waals surface area contributed by atoms with Crippen molar-refractivity contribution in [3.63, 3.8) is 0 Å². The average Bonchev–Trinajstić information content (AvgIpc) is 2.00. The smallest absolute Gasteiger partial charge is 0.262 e. The molecular formula is C7H12F4O3S2. The van der Waals surface area contributed by atoms with E-state index >= 15 is 0 Å². The quantitative estimate of drug-likeness (QED) is 0.578. The molecule has 0 aliphatic rings. The maximum Gasteiger partial charge on any atom is 0.418 e. The topological polar surface area (TPSA) is 51.2 Å². The third-order valence-corrected chi connectivity index (χ3v) is 5.54. The first-order chi connectivity index (χ1) is 6.69. The molecule has 0 radical (unpaired) electrons. The second kappa shape index (κ2) is 3.86. The summed E-state index contributed by atoms with van der Waals surface area (Å²) in [5.74, 6) is 2.41. The minimum Gasteiger partial charge on any atom is -0.262 e. The van der Waals surface area contributed by atoms with Gasteiger partial charge in [0.1, 0.15) is 0 Å². The van der Waals surface area contributed by atoms with E-state index in [0.717, 1.165) is 13.8 Å². The Hall–Kier alpha value is -0.310. The van der Waals surface area contributed by atoms with Gasteiger partial charge in [0, 0.05) is 15.8 Å².